The first-order chi connectivity index (χ1) is 14.9. The van der Waals surface area contributed by atoms with Crippen molar-refractivity contribution in [3.8, 4) is 17.4 Å². The van der Waals surface area contributed by atoms with Crippen molar-refractivity contribution >= 4 is 11.6 Å². The Hall–Kier alpha value is -4.00. The molecule has 0 aliphatic heterocycles. The predicted molar refractivity (Wildman–Crippen MR) is 119 cm³/mol. The fraction of sp³-hybridized carbons (Fsp3) is 0.167. The molecule has 0 fully saturated rings. The van der Waals surface area contributed by atoms with Crippen LogP contribution in [0.1, 0.15) is 32.9 Å². The van der Waals surface area contributed by atoms with Crippen LogP contribution in [-0.2, 0) is 0 Å². The first-order valence-corrected chi connectivity index (χ1v) is 9.91. The minimum atomic E-state index is -0.142. The first-order valence-electron chi connectivity index (χ1n) is 9.91. The fourth-order valence-electron chi connectivity index (χ4n) is 3.36. The van der Waals surface area contributed by atoms with Gasteiger partial charge in [0.05, 0.1) is 5.69 Å². The minimum Gasteiger partial charge on any atom is -0.439 e. The second-order valence-corrected chi connectivity index (χ2v) is 7.45. The van der Waals surface area contributed by atoms with Gasteiger partial charge in [-0.2, -0.15) is 5.10 Å². The highest BCUT2D eigenvalue weighted by molar-refractivity contribution is 6.05. The van der Waals surface area contributed by atoms with Crippen molar-refractivity contribution in [2.45, 2.75) is 27.7 Å². The van der Waals surface area contributed by atoms with E-state index < -0.39 is 0 Å². The molecule has 4 rings (SSSR count). The van der Waals surface area contributed by atoms with E-state index >= 15 is 0 Å². The van der Waals surface area contributed by atoms with Crippen molar-refractivity contribution in [1.82, 2.24) is 19.7 Å². The van der Waals surface area contributed by atoms with Gasteiger partial charge in [-0.25, -0.2) is 14.6 Å². The van der Waals surface area contributed by atoms with Crippen LogP contribution >= 0.6 is 0 Å². The number of aromatic nitrogens is 4. The van der Waals surface area contributed by atoms with E-state index in [4.69, 9.17) is 4.74 Å². The molecule has 7 nitrogen and oxygen atoms in total. The third-order valence-corrected chi connectivity index (χ3v) is 4.82. The molecule has 2 aromatic carbocycles. The van der Waals surface area contributed by atoms with Gasteiger partial charge in [0.2, 0.25) is 5.88 Å². The number of amides is 1. The van der Waals surface area contributed by atoms with Crippen LogP contribution in [0.15, 0.2) is 60.9 Å². The van der Waals surface area contributed by atoms with Crippen LogP contribution in [0.3, 0.4) is 0 Å². The predicted octanol–water partition coefficient (Wildman–Crippen LogP) is 4.94. The van der Waals surface area contributed by atoms with Gasteiger partial charge in [-0.1, -0.05) is 17.7 Å². The molecule has 0 saturated carbocycles. The number of carbonyl (C=O) groups excluding carboxylic acids is 1. The Balaban J connectivity index is 1.46. The number of nitrogens with one attached hydrogen (secondary N) is 1. The molecule has 4 aromatic rings. The molecule has 0 aliphatic carbocycles. The highest BCUT2D eigenvalue weighted by Crippen LogP contribution is 2.23. The molecule has 2 heterocycles. The summed E-state index contributed by atoms with van der Waals surface area (Å²) in [6.07, 6.45) is 1.44. The monoisotopic (exact) mass is 413 g/mol. The molecule has 2 aromatic heterocycles. The van der Waals surface area contributed by atoms with Crippen molar-refractivity contribution in [1.29, 1.82) is 0 Å². The van der Waals surface area contributed by atoms with Crippen LogP contribution in [0.25, 0.3) is 5.82 Å². The number of nitrogens with zero attached hydrogens (tertiary/aromatic N) is 4. The molecular weight excluding hydrogens is 390 g/mol. The van der Waals surface area contributed by atoms with Gasteiger partial charge in [-0.15, -0.1) is 0 Å². The average Bonchev–Trinajstić information content (AvgIpc) is 3.07. The molecule has 0 radical (unpaired) electrons. The zero-order chi connectivity index (χ0) is 22.0. The SMILES string of the molecule is Cc1ccc(C(=O)Nc2ccc(Oc3cc(-n4nc(C)cc4C)ncn3)cc2)c(C)c1. The summed E-state index contributed by atoms with van der Waals surface area (Å²) in [4.78, 5) is 21.0. The lowest BCUT2D eigenvalue weighted by atomic mass is 10.1. The summed E-state index contributed by atoms with van der Waals surface area (Å²) in [6.45, 7) is 7.84. The molecule has 31 heavy (non-hydrogen) atoms. The van der Waals surface area contributed by atoms with Crippen molar-refractivity contribution in [2.75, 3.05) is 5.32 Å². The number of ether oxygens (including phenoxy) is 1. The quantitative estimate of drug-likeness (QED) is 0.501. The number of aryl methyl sites for hydroxylation is 4. The molecular formula is C24H23N5O2. The van der Waals surface area contributed by atoms with Crippen LogP contribution in [0.2, 0.25) is 0 Å². The molecule has 0 saturated heterocycles. The Labute approximate surface area is 180 Å². The molecule has 156 valence electrons. The summed E-state index contributed by atoms with van der Waals surface area (Å²) in [7, 11) is 0. The van der Waals surface area contributed by atoms with Gasteiger partial charge in [0.25, 0.3) is 5.91 Å². The summed E-state index contributed by atoms with van der Waals surface area (Å²) in [5.74, 6) is 1.50. The lowest BCUT2D eigenvalue weighted by molar-refractivity contribution is 0.102. The number of benzene rings is 2. The number of anilines is 1. The van der Waals surface area contributed by atoms with E-state index in [1.807, 2.05) is 52.0 Å². The lowest BCUT2D eigenvalue weighted by Crippen LogP contribution is -2.13. The second-order valence-electron chi connectivity index (χ2n) is 7.45. The third kappa shape index (κ3) is 4.61. The topological polar surface area (TPSA) is 81.9 Å². The number of hydrogen-bond donors (Lipinski definition) is 1. The Bertz CT molecular complexity index is 1250. The van der Waals surface area contributed by atoms with Gasteiger partial charge in [-0.3, -0.25) is 4.79 Å². The van der Waals surface area contributed by atoms with Gasteiger partial charge in [0.1, 0.15) is 12.1 Å². The molecule has 0 atom stereocenters. The van der Waals surface area contributed by atoms with E-state index in [1.54, 1.807) is 35.0 Å². The van der Waals surface area contributed by atoms with E-state index in [2.05, 4.69) is 20.4 Å². The second kappa shape index (κ2) is 8.39. The maximum atomic E-state index is 12.6. The largest absolute Gasteiger partial charge is 0.439 e. The van der Waals surface area contributed by atoms with Gasteiger partial charge in [0, 0.05) is 23.0 Å². The van der Waals surface area contributed by atoms with E-state index in [1.165, 1.54) is 6.33 Å². The maximum Gasteiger partial charge on any atom is 0.255 e. The van der Waals surface area contributed by atoms with E-state index in [0.29, 0.717) is 28.7 Å². The molecule has 0 aliphatic rings. The van der Waals surface area contributed by atoms with Crippen LogP contribution < -0.4 is 10.1 Å². The zero-order valence-corrected chi connectivity index (χ0v) is 17.9. The van der Waals surface area contributed by atoms with Crippen molar-refractivity contribution in [2.24, 2.45) is 0 Å². The van der Waals surface area contributed by atoms with Crippen molar-refractivity contribution < 1.29 is 9.53 Å². The molecule has 7 heteroatoms. The summed E-state index contributed by atoms with van der Waals surface area (Å²) >= 11 is 0. The first kappa shape index (κ1) is 20.3. The Morgan fingerprint density at radius 2 is 1.71 bits per heavy atom. The number of rotatable bonds is 5. The normalized spacial score (nSPS) is 10.7. The molecule has 0 unspecified atom stereocenters. The van der Waals surface area contributed by atoms with E-state index in [0.717, 1.165) is 22.5 Å². The standard InChI is InChI=1S/C24H23N5O2/c1-15-5-10-21(16(2)11-15)24(30)27-19-6-8-20(9-7-19)31-23-13-22(25-14-26-23)29-18(4)12-17(3)28-29/h5-14H,1-4H3,(H,27,30). The Morgan fingerprint density at radius 1 is 0.935 bits per heavy atom. The van der Waals surface area contributed by atoms with Gasteiger partial charge < -0.3 is 10.1 Å². The fourth-order valence-corrected chi connectivity index (χ4v) is 3.36. The average molecular weight is 413 g/mol. The van der Waals surface area contributed by atoms with Crippen LogP contribution in [-0.4, -0.2) is 25.7 Å². The summed E-state index contributed by atoms with van der Waals surface area (Å²) in [5, 5.41) is 7.35. The third-order valence-electron chi connectivity index (χ3n) is 4.82. The summed E-state index contributed by atoms with van der Waals surface area (Å²) in [6, 6.07) is 16.6. The molecule has 1 N–H and O–H groups in total. The molecule has 1 amide bonds. The lowest BCUT2D eigenvalue weighted by Gasteiger charge is -2.10. The van der Waals surface area contributed by atoms with Crippen LogP contribution in [0.5, 0.6) is 11.6 Å². The molecule has 0 spiro atoms. The Morgan fingerprint density at radius 3 is 2.39 bits per heavy atom. The number of hydrogen-bond acceptors (Lipinski definition) is 5. The van der Waals surface area contributed by atoms with Crippen molar-refractivity contribution in [3.63, 3.8) is 0 Å². The minimum absolute atomic E-state index is 0.142. The zero-order valence-electron chi connectivity index (χ0n) is 17.9. The highest BCUT2D eigenvalue weighted by atomic mass is 16.5. The van der Waals surface area contributed by atoms with Gasteiger partial charge in [-0.05, 0) is 69.7 Å². The summed E-state index contributed by atoms with van der Waals surface area (Å²) in [5.41, 5.74) is 5.30. The molecule has 0 bridgehead atoms. The van der Waals surface area contributed by atoms with Crippen LogP contribution in [0, 0.1) is 27.7 Å². The van der Waals surface area contributed by atoms with Gasteiger partial charge >= 0.3 is 0 Å². The van der Waals surface area contributed by atoms with E-state index in [-0.39, 0.29) is 5.91 Å². The number of carbonyl (C=O) groups is 1. The van der Waals surface area contributed by atoms with Gasteiger partial charge in [0.15, 0.2) is 5.82 Å². The Kier molecular flexibility index (Phi) is 5.49. The summed E-state index contributed by atoms with van der Waals surface area (Å²) < 4.78 is 7.60. The van der Waals surface area contributed by atoms with Crippen molar-refractivity contribution in [3.05, 3.63) is 89.0 Å². The maximum absolute atomic E-state index is 12.6. The smallest absolute Gasteiger partial charge is 0.255 e. The van der Waals surface area contributed by atoms with E-state index in [9.17, 15) is 4.79 Å². The highest BCUT2D eigenvalue weighted by Gasteiger charge is 2.10. The van der Waals surface area contributed by atoms with Crippen LogP contribution in [0.4, 0.5) is 5.69 Å².